The van der Waals surface area contributed by atoms with Crippen LogP contribution in [0.3, 0.4) is 0 Å². The molecule has 1 unspecified atom stereocenters. The van der Waals surface area contributed by atoms with Crippen molar-refractivity contribution in [2.75, 3.05) is 20.3 Å². The smallest absolute Gasteiger partial charge is 0.305 e. The number of benzene rings is 1. The predicted molar refractivity (Wildman–Crippen MR) is 67.3 cm³/mol. The minimum Gasteiger partial charge on any atom is -0.396 e. The second-order valence-corrected chi connectivity index (χ2v) is 4.05. The number of nitrogens with zero attached hydrogens (tertiary/aromatic N) is 1. The molecule has 7 heteroatoms. The van der Waals surface area contributed by atoms with Gasteiger partial charge >= 0.3 is 5.69 Å². The Labute approximate surface area is 110 Å². The Hall–Kier alpha value is -1.57. The van der Waals surface area contributed by atoms with Crippen molar-refractivity contribution in [2.45, 2.75) is 19.0 Å². The van der Waals surface area contributed by atoms with Crippen LogP contribution in [0.4, 0.5) is 10.1 Å². The molecule has 0 aliphatic heterocycles. The zero-order valence-electron chi connectivity index (χ0n) is 10.6. The minimum absolute atomic E-state index is 0.0154. The Morgan fingerprint density at radius 3 is 2.89 bits per heavy atom. The van der Waals surface area contributed by atoms with Gasteiger partial charge in [-0.05, 0) is 6.42 Å². The molecule has 0 amide bonds. The van der Waals surface area contributed by atoms with Crippen LogP contribution >= 0.6 is 0 Å². The van der Waals surface area contributed by atoms with Gasteiger partial charge in [-0.3, -0.25) is 10.1 Å². The van der Waals surface area contributed by atoms with Crippen molar-refractivity contribution in [1.82, 2.24) is 5.32 Å². The third-order valence-electron chi connectivity index (χ3n) is 2.68. The molecule has 0 saturated heterocycles. The average molecular weight is 272 g/mol. The molecule has 0 radical (unpaired) electrons. The van der Waals surface area contributed by atoms with E-state index in [2.05, 4.69) is 5.32 Å². The molecule has 1 aromatic carbocycles. The predicted octanol–water partition coefficient (Wildman–Crippen LogP) is 1.22. The molecule has 0 aliphatic rings. The lowest BCUT2D eigenvalue weighted by Gasteiger charge is -2.16. The summed E-state index contributed by atoms with van der Waals surface area (Å²) in [4.78, 5) is 9.86. The molecule has 1 rings (SSSR count). The van der Waals surface area contributed by atoms with Crippen LogP contribution in [0, 0.1) is 15.9 Å². The van der Waals surface area contributed by atoms with Gasteiger partial charge in [0.05, 0.1) is 11.5 Å². The molecule has 6 nitrogen and oxygen atoms in total. The Balaban J connectivity index is 2.71. The fourth-order valence-electron chi connectivity index (χ4n) is 1.70. The summed E-state index contributed by atoms with van der Waals surface area (Å²) in [6.07, 6.45) is 0.463. The third-order valence-corrected chi connectivity index (χ3v) is 2.68. The number of nitrogens with one attached hydrogen (secondary N) is 1. The van der Waals surface area contributed by atoms with Crippen molar-refractivity contribution in [3.05, 3.63) is 39.7 Å². The number of methoxy groups -OCH3 is 1. The lowest BCUT2D eigenvalue weighted by Crippen LogP contribution is -2.33. The highest BCUT2D eigenvalue weighted by atomic mass is 19.1. The van der Waals surface area contributed by atoms with Crippen LogP contribution in [0.25, 0.3) is 0 Å². The number of ether oxygens (including phenoxy) is 1. The molecular formula is C12H17FN2O4. The van der Waals surface area contributed by atoms with Crippen LogP contribution in [0.2, 0.25) is 0 Å². The molecular weight excluding hydrogens is 255 g/mol. The summed E-state index contributed by atoms with van der Waals surface area (Å²) in [7, 11) is 1.53. The van der Waals surface area contributed by atoms with Crippen LogP contribution in [0.5, 0.6) is 0 Å². The van der Waals surface area contributed by atoms with E-state index in [4.69, 9.17) is 9.84 Å². The Bertz CT molecular complexity index is 422. The molecule has 0 bridgehead atoms. The van der Waals surface area contributed by atoms with E-state index in [0.29, 0.717) is 13.0 Å². The normalized spacial score (nSPS) is 12.4. The van der Waals surface area contributed by atoms with Crippen LogP contribution in [0.15, 0.2) is 18.2 Å². The lowest BCUT2D eigenvalue weighted by atomic mass is 10.1. The highest BCUT2D eigenvalue weighted by molar-refractivity contribution is 5.36. The van der Waals surface area contributed by atoms with Crippen molar-refractivity contribution in [2.24, 2.45) is 0 Å². The number of nitro benzene ring substituents is 1. The van der Waals surface area contributed by atoms with Crippen LogP contribution in [-0.4, -0.2) is 36.4 Å². The lowest BCUT2D eigenvalue weighted by molar-refractivity contribution is -0.387. The Morgan fingerprint density at radius 1 is 1.58 bits per heavy atom. The first-order valence-corrected chi connectivity index (χ1v) is 5.85. The summed E-state index contributed by atoms with van der Waals surface area (Å²) in [5.74, 6) is -0.833. The van der Waals surface area contributed by atoms with E-state index in [1.807, 2.05) is 0 Å². The standard InChI is InChI=1S/C12H17FN2O4/c1-19-8-10(5-6-16)14-7-9-3-2-4-11(12(9)13)15(17)18/h2-4,10,14,16H,5-8H2,1H3. The molecule has 19 heavy (non-hydrogen) atoms. The molecule has 0 heterocycles. The van der Waals surface area contributed by atoms with Crippen molar-refractivity contribution >= 4 is 5.69 Å². The van der Waals surface area contributed by atoms with E-state index in [-0.39, 0.29) is 24.8 Å². The van der Waals surface area contributed by atoms with Gasteiger partial charge in [0.25, 0.3) is 0 Å². The van der Waals surface area contributed by atoms with Crippen LogP contribution in [-0.2, 0) is 11.3 Å². The number of aliphatic hydroxyl groups excluding tert-OH is 1. The molecule has 0 aromatic heterocycles. The van der Waals surface area contributed by atoms with Gasteiger partial charge in [-0.2, -0.15) is 4.39 Å². The van der Waals surface area contributed by atoms with Gasteiger partial charge in [-0.15, -0.1) is 0 Å². The maximum Gasteiger partial charge on any atom is 0.305 e. The second kappa shape index (κ2) is 7.78. The first-order valence-electron chi connectivity index (χ1n) is 5.85. The maximum absolute atomic E-state index is 13.8. The van der Waals surface area contributed by atoms with Crippen molar-refractivity contribution in [3.8, 4) is 0 Å². The van der Waals surface area contributed by atoms with E-state index < -0.39 is 16.4 Å². The molecule has 0 aliphatic carbocycles. The topological polar surface area (TPSA) is 84.6 Å². The van der Waals surface area contributed by atoms with E-state index in [1.54, 1.807) is 0 Å². The maximum atomic E-state index is 13.8. The summed E-state index contributed by atoms with van der Waals surface area (Å²) in [5.41, 5.74) is -0.321. The second-order valence-electron chi connectivity index (χ2n) is 4.05. The van der Waals surface area contributed by atoms with Gasteiger partial charge in [0.1, 0.15) is 0 Å². The van der Waals surface area contributed by atoms with Gasteiger partial charge < -0.3 is 15.2 Å². The summed E-state index contributed by atoms with van der Waals surface area (Å²) in [6.45, 7) is 0.497. The molecule has 0 spiro atoms. The number of halogens is 1. The van der Waals surface area contributed by atoms with Crippen molar-refractivity contribution in [1.29, 1.82) is 0 Å². The highest BCUT2D eigenvalue weighted by Gasteiger charge is 2.17. The van der Waals surface area contributed by atoms with Crippen molar-refractivity contribution in [3.63, 3.8) is 0 Å². The molecule has 1 aromatic rings. The number of nitro groups is 1. The van der Waals surface area contributed by atoms with E-state index in [0.717, 1.165) is 6.07 Å². The summed E-state index contributed by atoms with van der Waals surface area (Å²) in [5, 5.41) is 22.5. The van der Waals surface area contributed by atoms with Gasteiger partial charge in [-0.25, -0.2) is 0 Å². The Morgan fingerprint density at radius 2 is 2.32 bits per heavy atom. The molecule has 106 valence electrons. The van der Waals surface area contributed by atoms with Crippen LogP contribution in [0.1, 0.15) is 12.0 Å². The molecule has 0 fully saturated rings. The summed E-state index contributed by atoms with van der Waals surface area (Å²) < 4.78 is 18.7. The zero-order chi connectivity index (χ0) is 14.3. The average Bonchev–Trinajstić information content (AvgIpc) is 2.37. The summed E-state index contributed by atoms with van der Waals surface area (Å²) in [6, 6.07) is 3.92. The molecule has 0 saturated carbocycles. The Kier molecular flexibility index (Phi) is 6.34. The van der Waals surface area contributed by atoms with Gasteiger partial charge in [0.15, 0.2) is 0 Å². The van der Waals surface area contributed by atoms with E-state index in [1.165, 1.54) is 19.2 Å². The molecule has 1 atom stereocenters. The third kappa shape index (κ3) is 4.55. The van der Waals surface area contributed by atoms with E-state index in [9.17, 15) is 14.5 Å². The van der Waals surface area contributed by atoms with E-state index >= 15 is 0 Å². The monoisotopic (exact) mass is 272 g/mol. The largest absolute Gasteiger partial charge is 0.396 e. The minimum atomic E-state index is -0.833. The van der Waals surface area contributed by atoms with Crippen LogP contribution < -0.4 is 5.32 Å². The zero-order valence-corrected chi connectivity index (χ0v) is 10.6. The van der Waals surface area contributed by atoms with Gasteiger partial charge in [-0.1, -0.05) is 12.1 Å². The SMILES string of the molecule is COCC(CCO)NCc1cccc([N+](=O)[O-])c1F. The highest BCUT2D eigenvalue weighted by Crippen LogP contribution is 2.20. The first kappa shape index (κ1) is 15.5. The quantitative estimate of drug-likeness (QED) is 0.549. The summed E-state index contributed by atoms with van der Waals surface area (Å²) >= 11 is 0. The number of aliphatic hydroxyl groups is 1. The number of hydrogen-bond donors (Lipinski definition) is 2. The van der Waals surface area contributed by atoms with Gasteiger partial charge in [0, 0.05) is 37.9 Å². The van der Waals surface area contributed by atoms with Crippen molar-refractivity contribution < 1.29 is 19.2 Å². The number of hydrogen-bond acceptors (Lipinski definition) is 5. The van der Waals surface area contributed by atoms with Gasteiger partial charge in [0.2, 0.25) is 5.82 Å². The first-order chi connectivity index (χ1) is 9.10. The number of rotatable bonds is 8. The molecule has 2 N–H and O–H groups in total. The fraction of sp³-hybridized carbons (Fsp3) is 0.500. The fourth-order valence-corrected chi connectivity index (χ4v) is 1.70.